The van der Waals surface area contributed by atoms with Crippen molar-refractivity contribution in [2.45, 2.75) is 11.8 Å². The SMILES string of the molecule is COc1cc(NS(=O)(=O)c2ccc(NC(=O)c3cc4ccccc4cc3OC(C)=O)cc2)nc(OC)n1. The number of ether oxygens (including phenoxy) is 3. The Balaban J connectivity index is 1.55. The third-order valence-corrected chi connectivity index (χ3v) is 6.45. The molecular weight excluding hydrogens is 500 g/mol. The van der Waals surface area contributed by atoms with Gasteiger partial charge in [-0.15, -0.1) is 0 Å². The number of amides is 1. The zero-order chi connectivity index (χ0) is 26.6. The van der Waals surface area contributed by atoms with Gasteiger partial charge in [-0.05, 0) is 47.2 Å². The van der Waals surface area contributed by atoms with Crippen molar-refractivity contribution >= 4 is 44.2 Å². The van der Waals surface area contributed by atoms with E-state index in [-0.39, 0.29) is 33.9 Å². The van der Waals surface area contributed by atoms with Gasteiger partial charge in [0, 0.05) is 18.7 Å². The second kappa shape index (κ2) is 10.5. The van der Waals surface area contributed by atoms with Gasteiger partial charge in [-0.3, -0.25) is 14.3 Å². The average molecular weight is 523 g/mol. The van der Waals surface area contributed by atoms with Gasteiger partial charge in [0.25, 0.3) is 15.9 Å². The van der Waals surface area contributed by atoms with E-state index in [1.54, 1.807) is 12.1 Å². The summed E-state index contributed by atoms with van der Waals surface area (Å²) in [6.07, 6.45) is 0. The Kier molecular flexibility index (Phi) is 7.20. The van der Waals surface area contributed by atoms with Gasteiger partial charge in [0.2, 0.25) is 5.88 Å². The molecule has 0 bridgehead atoms. The molecule has 2 N–H and O–H groups in total. The highest BCUT2D eigenvalue weighted by Crippen LogP contribution is 2.28. The Morgan fingerprint density at radius 1 is 0.865 bits per heavy atom. The van der Waals surface area contributed by atoms with E-state index in [2.05, 4.69) is 20.0 Å². The summed E-state index contributed by atoms with van der Waals surface area (Å²) in [6, 6.07) is 17.3. The molecular formula is C25H22N4O7S. The van der Waals surface area contributed by atoms with E-state index < -0.39 is 21.9 Å². The number of methoxy groups -OCH3 is 2. The topological polar surface area (TPSA) is 146 Å². The molecule has 0 saturated carbocycles. The maximum absolute atomic E-state index is 13.0. The van der Waals surface area contributed by atoms with Crippen LogP contribution >= 0.6 is 0 Å². The lowest BCUT2D eigenvalue weighted by Crippen LogP contribution is -2.16. The molecule has 0 aliphatic heterocycles. The fraction of sp³-hybridized carbons (Fsp3) is 0.120. The lowest BCUT2D eigenvalue weighted by atomic mass is 10.1. The van der Waals surface area contributed by atoms with Crippen LogP contribution in [0.2, 0.25) is 0 Å². The predicted octanol–water partition coefficient (Wildman–Crippen LogP) is 3.63. The summed E-state index contributed by atoms with van der Waals surface area (Å²) in [7, 11) is -1.31. The molecule has 1 heterocycles. The van der Waals surface area contributed by atoms with Crippen LogP contribution in [0.3, 0.4) is 0 Å². The highest BCUT2D eigenvalue weighted by molar-refractivity contribution is 7.92. The van der Waals surface area contributed by atoms with Crippen molar-refractivity contribution in [2.75, 3.05) is 24.3 Å². The number of nitrogens with one attached hydrogen (secondary N) is 2. The number of aromatic nitrogens is 2. The summed E-state index contributed by atoms with van der Waals surface area (Å²) in [4.78, 5) is 32.4. The molecule has 4 aromatic rings. The zero-order valence-electron chi connectivity index (χ0n) is 20.0. The van der Waals surface area contributed by atoms with Crippen LogP contribution in [0.15, 0.2) is 71.6 Å². The first kappa shape index (κ1) is 25.4. The minimum absolute atomic E-state index is 0.0459. The number of hydrogen-bond donors (Lipinski definition) is 2. The lowest BCUT2D eigenvalue weighted by Gasteiger charge is -2.12. The standard InChI is InChI=1S/C25H22N4O7S/c1-15(30)36-21-13-17-7-5-4-6-16(17)12-20(21)24(31)26-18-8-10-19(11-9-18)37(32,33)29-22-14-23(34-2)28-25(27-22)35-3/h4-14H,1-3H3,(H,26,31)(H,27,28,29). The normalized spacial score (nSPS) is 11.0. The van der Waals surface area contributed by atoms with Crippen LogP contribution in [0, 0.1) is 0 Å². The van der Waals surface area contributed by atoms with E-state index in [1.807, 2.05) is 24.3 Å². The maximum atomic E-state index is 13.0. The minimum atomic E-state index is -4.03. The van der Waals surface area contributed by atoms with Crippen LogP contribution in [0.4, 0.5) is 11.5 Å². The Hall–Kier alpha value is -4.71. The molecule has 0 radical (unpaired) electrons. The smallest absolute Gasteiger partial charge is 0.321 e. The van der Waals surface area contributed by atoms with E-state index in [9.17, 15) is 18.0 Å². The van der Waals surface area contributed by atoms with Crippen LogP contribution in [-0.2, 0) is 14.8 Å². The zero-order valence-corrected chi connectivity index (χ0v) is 20.8. The molecule has 0 aliphatic rings. The van der Waals surface area contributed by atoms with Crippen molar-refractivity contribution in [3.05, 3.63) is 72.3 Å². The van der Waals surface area contributed by atoms with E-state index in [1.165, 1.54) is 51.5 Å². The molecule has 0 saturated heterocycles. The van der Waals surface area contributed by atoms with Gasteiger partial charge in [0.05, 0.1) is 24.7 Å². The van der Waals surface area contributed by atoms with Crippen LogP contribution in [-0.4, -0.2) is 44.5 Å². The molecule has 0 aliphatic carbocycles. The van der Waals surface area contributed by atoms with Crippen LogP contribution < -0.4 is 24.2 Å². The number of rotatable bonds is 8. The summed E-state index contributed by atoms with van der Waals surface area (Å²) < 4.78 is 43.2. The fourth-order valence-electron chi connectivity index (χ4n) is 3.40. The Morgan fingerprint density at radius 2 is 1.54 bits per heavy atom. The van der Waals surface area contributed by atoms with Gasteiger partial charge in [0.15, 0.2) is 5.82 Å². The van der Waals surface area contributed by atoms with Crippen molar-refractivity contribution < 1.29 is 32.2 Å². The van der Waals surface area contributed by atoms with Crippen molar-refractivity contribution in [2.24, 2.45) is 0 Å². The minimum Gasteiger partial charge on any atom is -0.481 e. The Morgan fingerprint density at radius 3 is 2.16 bits per heavy atom. The molecule has 0 atom stereocenters. The molecule has 0 unspecified atom stereocenters. The Labute approximate surface area is 212 Å². The summed E-state index contributed by atoms with van der Waals surface area (Å²) in [6.45, 7) is 1.25. The maximum Gasteiger partial charge on any atom is 0.321 e. The van der Waals surface area contributed by atoms with Gasteiger partial charge in [-0.1, -0.05) is 24.3 Å². The third kappa shape index (κ3) is 5.93. The van der Waals surface area contributed by atoms with Crippen LogP contribution in [0.25, 0.3) is 10.8 Å². The first-order valence-corrected chi connectivity index (χ1v) is 12.3. The Bertz CT molecular complexity index is 1570. The highest BCUT2D eigenvalue weighted by atomic mass is 32.2. The van der Waals surface area contributed by atoms with Crippen molar-refractivity contribution in [1.82, 2.24) is 9.97 Å². The van der Waals surface area contributed by atoms with Crippen molar-refractivity contribution in [3.8, 4) is 17.6 Å². The number of esters is 1. The second-order valence-corrected chi connectivity index (χ2v) is 9.34. The average Bonchev–Trinajstić information content (AvgIpc) is 2.87. The van der Waals surface area contributed by atoms with Gasteiger partial charge < -0.3 is 19.5 Å². The summed E-state index contributed by atoms with van der Waals surface area (Å²) in [5, 5.41) is 4.28. The summed E-state index contributed by atoms with van der Waals surface area (Å²) in [5.41, 5.74) is 0.482. The molecule has 1 amide bonds. The first-order valence-electron chi connectivity index (χ1n) is 10.8. The molecule has 12 heteroatoms. The molecule has 3 aromatic carbocycles. The quantitative estimate of drug-likeness (QED) is 0.262. The highest BCUT2D eigenvalue weighted by Gasteiger charge is 2.19. The summed E-state index contributed by atoms with van der Waals surface area (Å²) >= 11 is 0. The molecule has 1 aromatic heterocycles. The number of nitrogens with zero attached hydrogens (tertiary/aromatic N) is 2. The van der Waals surface area contributed by atoms with Crippen molar-refractivity contribution in [3.63, 3.8) is 0 Å². The summed E-state index contributed by atoms with van der Waals surface area (Å²) in [5.74, 6) is -0.913. The number of benzene rings is 3. The predicted molar refractivity (Wildman–Crippen MR) is 136 cm³/mol. The second-order valence-electron chi connectivity index (χ2n) is 7.66. The largest absolute Gasteiger partial charge is 0.481 e. The molecule has 4 rings (SSSR count). The van der Waals surface area contributed by atoms with E-state index in [0.29, 0.717) is 5.69 Å². The van der Waals surface area contributed by atoms with Gasteiger partial charge in [0.1, 0.15) is 5.75 Å². The third-order valence-electron chi connectivity index (χ3n) is 5.08. The molecule has 190 valence electrons. The molecule has 11 nitrogen and oxygen atoms in total. The molecule has 0 spiro atoms. The number of hydrogen-bond acceptors (Lipinski definition) is 9. The van der Waals surface area contributed by atoms with E-state index in [0.717, 1.165) is 10.8 Å². The molecule has 37 heavy (non-hydrogen) atoms. The van der Waals surface area contributed by atoms with Gasteiger partial charge >= 0.3 is 12.0 Å². The lowest BCUT2D eigenvalue weighted by molar-refractivity contribution is -0.131. The van der Waals surface area contributed by atoms with Crippen molar-refractivity contribution in [1.29, 1.82) is 0 Å². The number of fused-ring (bicyclic) bond motifs is 1. The fourth-order valence-corrected chi connectivity index (χ4v) is 4.39. The first-order chi connectivity index (χ1) is 17.7. The van der Waals surface area contributed by atoms with E-state index in [4.69, 9.17) is 14.2 Å². The van der Waals surface area contributed by atoms with Gasteiger partial charge in [-0.25, -0.2) is 8.42 Å². The van der Waals surface area contributed by atoms with Crippen LogP contribution in [0.5, 0.6) is 17.6 Å². The van der Waals surface area contributed by atoms with Gasteiger partial charge in [-0.2, -0.15) is 9.97 Å². The molecule has 0 fully saturated rings. The number of sulfonamides is 1. The number of anilines is 2. The number of carbonyl (C=O) groups excluding carboxylic acids is 2. The van der Waals surface area contributed by atoms with Crippen LogP contribution in [0.1, 0.15) is 17.3 Å². The van der Waals surface area contributed by atoms with E-state index >= 15 is 0 Å². The number of carbonyl (C=O) groups is 2. The monoisotopic (exact) mass is 522 g/mol.